The number of rotatable bonds is 2. The van der Waals surface area contributed by atoms with Crippen molar-refractivity contribution in [2.24, 2.45) is 11.1 Å². The topological polar surface area (TPSA) is 52.3 Å². The lowest BCUT2D eigenvalue weighted by atomic mass is 9.98. The Hall–Kier alpha value is -0.570. The van der Waals surface area contributed by atoms with Gasteiger partial charge < -0.3 is 10.5 Å². The number of nitrogens with two attached hydrogens (primary N) is 1. The highest BCUT2D eigenvalue weighted by Crippen LogP contribution is 2.14. The fourth-order valence-corrected chi connectivity index (χ4v) is 0.468. The van der Waals surface area contributed by atoms with Gasteiger partial charge in [-0.15, -0.1) is 0 Å². The second-order valence-corrected chi connectivity index (χ2v) is 4.86. The molecule has 0 bridgehead atoms. The van der Waals surface area contributed by atoms with E-state index in [2.05, 4.69) is 0 Å². The Morgan fingerprint density at radius 2 is 1.67 bits per heavy atom. The van der Waals surface area contributed by atoms with Gasteiger partial charge in [-0.3, -0.25) is 4.79 Å². The summed E-state index contributed by atoms with van der Waals surface area (Å²) in [4.78, 5) is 11.2. The Kier molecular flexibility index (Phi) is 3.27. The summed E-state index contributed by atoms with van der Waals surface area (Å²) in [6.45, 7) is 9.69. The zero-order chi connectivity index (χ0) is 9.99. The van der Waals surface area contributed by atoms with Gasteiger partial charge in [-0.05, 0) is 19.3 Å². The largest absolute Gasteiger partial charge is 0.464 e. The summed E-state index contributed by atoms with van der Waals surface area (Å²) >= 11 is 0. The maximum Gasteiger partial charge on any atom is 0.325 e. The van der Waals surface area contributed by atoms with Gasteiger partial charge in [0.2, 0.25) is 0 Å². The van der Waals surface area contributed by atoms with E-state index in [1.165, 1.54) is 0 Å². The molecule has 0 amide bonds. The van der Waals surface area contributed by atoms with Gasteiger partial charge in [-0.1, -0.05) is 20.8 Å². The molecule has 0 unspecified atom stereocenters. The van der Waals surface area contributed by atoms with Crippen LogP contribution in [-0.4, -0.2) is 18.1 Å². The van der Waals surface area contributed by atoms with Crippen molar-refractivity contribution in [3.05, 3.63) is 0 Å². The Labute approximate surface area is 74.3 Å². The molecule has 0 atom stereocenters. The first kappa shape index (κ1) is 11.4. The van der Waals surface area contributed by atoms with Crippen molar-refractivity contribution in [2.45, 2.75) is 40.2 Å². The maximum absolute atomic E-state index is 11.2. The number of ether oxygens (including phenoxy) is 1. The lowest BCUT2D eigenvalue weighted by molar-refractivity contribution is -0.151. The number of carbonyl (C=O) groups excluding carboxylic acids is 1. The Morgan fingerprint density at radius 1 is 1.25 bits per heavy atom. The van der Waals surface area contributed by atoms with Gasteiger partial charge in [-0.2, -0.15) is 0 Å². The van der Waals surface area contributed by atoms with Crippen molar-refractivity contribution in [1.82, 2.24) is 0 Å². The number of hydrogen-bond acceptors (Lipinski definition) is 3. The van der Waals surface area contributed by atoms with Gasteiger partial charge in [0, 0.05) is 0 Å². The quantitative estimate of drug-likeness (QED) is 0.641. The van der Waals surface area contributed by atoms with Crippen LogP contribution in [0.5, 0.6) is 0 Å². The summed E-state index contributed by atoms with van der Waals surface area (Å²) in [6.07, 6.45) is 0. The SMILES string of the molecule is CC(C)(C)COC(=O)C(C)(C)N. The van der Waals surface area contributed by atoms with Crippen molar-refractivity contribution in [2.75, 3.05) is 6.61 Å². The fourth-order valence-electron chi connectivity index (χ4n) is 0.468. The predicted molar refractivity (Wildman–Crippen MR) is 48.7 cm³/mol. The minimum atomic E-state index is -0.884. The van der Waals surface area contributed by atoms with Crippen molar-refractivity contribution < 1.29 is 9.53 Å². The third-order valence-corrected chi connectivity index (χ3v) is 1.16. The van der Waals surface area contributed by atoms with Gasteiger partial charge in [0.25, 0.3) is 0 Å². The van der Waals surface area contributed by atoms with Crippen molar-refractivity contribution in [3.63, 3.8) is 0 Å². The molecule has 0 heterocycles. The van der Waals surface area contributed by atoms with E-state index < -0.39 is 5.54 Å². The normalized spacial score (nSPS) is 12.8. The van der Waals surface area contributed by atoms with Crippen LogP contribution < -0.4 is 5.73 Å². The second-order valence-electron chi connectivity index (χ2n) is 4.86. The van der Waals surface area contributed by atoms with Crippen LogP contribution in [0, 0.1) is 5.41 Å². The minimum Gasteiger partial charge on any atom is -0.464 e. The van der Waals surface area contributed by atoms with E-state index in [1.807, 2.05) is 20.8 Å². The van der Waals surface area contributed by atoms with Crippen molar-refractivity contribution in [1.29, 1.82) is 0 Å². The molecule has 3 nitrogen and oxygen atoms in total. The molecule has 2 N–H and O–H groups in total. The molecule has 0 fully saturated rings. The molecule has 0 spiro atoms. The van der Waals surface area contributed by atoms with E-state index in [9.17, 15) is 4.79 Å². The summed E-state index contributed by atoms with van der Waals surface area (Å²) in [5.74, 6) is -0.350. The molecule has 3 heteroatoms. The monoisotopic (exact) mass is 173 g/mol. The highest BCUT2D eigenvalue weighted by molar-refractivity contribution is 5.79. The molecule has 0 rings (SSSR count). The molecular weight excluding hydrogens is 154 g/mol. The number of esters is 1. The van der Waals surface area contributed by atoms with Crippen LogP contribution in [0.25, 0.3) is 0 Å². The summed E-state index contributed by atoms with van der Waals surface area (Å²) in [5.41, 5.74) is 4.65. The first-order valence-electron chi connectivity index (χ1n) is 4.09. The fraction of sp³-hybridized carbons (Fsp3) is 0.889. The second kappa shape index (κ2) is 3.44. The molecule has 0 radical (unpaired) electrons. The zero-order valence-electron chi connectivity index (χ0n) is 8.60. The summed E-state index contributed by atoms with van der Waals surface area (Å²) in [5, 5.41) is 0. The van der Waals surface area contributed by atoms with E-state index in [4.69, 9.17) is 10.5 Å². The van der Waals surface area contributed by atoms with Gasteiger partial charge in [0.15, 0.2) is 0 Å². The lowest BCUT2D eigenvalue weighted by Gasteiger charge is -2.22. The van der Waals surface area contributed by atoms with Crippen molar-refractivity contribution in [3.8, 4) is 0 Å². The molecule has 0 aliphatic rings. The molecular formula is C9H19NO2. The van der Waals surface area contributed by atoms with E-state index in [1.54, 1.807) is 13.8 Å². The molecule has 0 saturated carbocycles. The van der Waals surface area contributed by atoms with E-state index in [0.717, 1.165) is 0 Å². The molecule has 0 saturated heterocycles. The molecule has 0 aromatic rings. The highest BCUT2D eigenvalue weighted by atomic mass is 16.5. The summed E-state index contributed by atoms with van der Waals surface area (Å²) < 4.78 is 5.01. The molecule has 72 valence electrons. The van der Waals surface area contributed by atoms with Crippen LogP contribution in [0.1, 0.15) is 34.6 Å². The third kappa shape index (κ3) is 5.13. The molecule has 0 aromatic carbocycles. The van der Waals surface area contributed by atoms with E-state index >= 15 is 0 Å². The third-order valence-electron chi connectivity index (χ3n) is 1.16. The van der Waals surface area contributed by atoms with E-state index in [-0.39, 0.29) is 11.4 Å². The van der Waals surface area contributed by atoms with Gasteiger partial charge in [-0.25, -0.2) is 0 Å². The van der Waals surface area contributed by atoms with Crippen LogP contribution in [0.15, 0.2) is 0 Å². The number of hydrogen-bond donors (Lipinski definition) is 1. The first-order valence-corrected chi connectivity index (χ1v) is 4.09. The smallest absolute Gasteiger partial charge is 0.325 e. The van der Waals surface area contributed by atoms with Gasteiger partial charge in [0.05, 0.1) is 6.61 Å². The van der Waals surface area contributed by atoms with Gasteiger partial charge >= 0.3 is 5.97 Å². The maximum atomic E-state index is 11.2. The molecule has 0 aliphatic heterocycles. The summed E-state index contributed by atoms with van der Waals surface area (Å²) in [7, 11) is 0. The van der Waals surface area contributed by atoms with Crippen LogP contribution in [0.2, 0.25) is 0 Å². The molecule has 0 aromatic heterocycles. The highest BCUT2D eigenvalue weighted by Gasteiger charge is 2.25. The summed E-state index contributed by atoms with van der Waals surface area (Å²) in [6, 6.07) is 0. The molecule has 0 aliphatic carbocycles. The van der Waals surface area contributed by atoms with E-state index in [0.29, 0.717) is 6.61 Å². The van der Waals surface area contributed by atoms with Crippen LogP contribution in [0.4, 0.5) is 0 Å². The Morgan fingerprint density at radius 3 is 1.92 bits per heavy atom. The van der Waals surface area contributed by atoms with Gasteiger partial charge in [0.1, 0.15) is 5.54 Å². The first-order chi connectivity index (χ1) is 5.13. The minimum absolute atomic E-state index is 0.000903. The standard InChI is InChI=1S/C9H19NO2/c1-8(2,3)6-12-7(11)9(4,5)10/h6,10H2,1-5H3. The Bertz CT molecular complexity index is 162. The van der Waals surface area contributed by atoms with Crippen LogP contribution >= 0.6 is 0 Å². The van der Waals surface area contributed by atoms with Crippen LogP contribution in [0.3, 0.4) is 0 Å². The van der Waals surface area contributed by atoms with Crippen LogP contribution in [-0.2, 0) is 9.53 Å². The Balaban J connectivity index is 3.90. The molecule has 12 heavy (non-hydrogen) atoms. The average molecular weight is 173 g/mol. The average Bonchev–Trinajstić information content (AvgIpc) is 1.78. The lowest BCUT2D eigenvalue weighted by Crippen LogP contribution is -2.43. The number of carbonyl (C=O) groups is 1. The zero-order valence-corrected chi connectivity index (χ0v) is 8.60. The van der Waals surface area contributed by atoms with Crippen molar-refractivity contribution >= 4 is 5.97 Å². The predicted octanol–water partition coefficient (Wildman–Crippen LogP) is 1.31.